The normalized spacial score (nSPS) is 38.3. The third kappa shape index (κ3) is 1.87. The standard InChI is InChI=1S/C17H20N2O/c18-8-10-1-3-11(4-2-10)14(20)9-19-17-15-12-5-6-13(7-12)16(15)17/h1-4,12-17,19-20H,5-7,9H2. The van der Waals surface area contributed by atoms with Gasteiger partial charge in [0.05, 0.1) is 17.7 Å². The Hall–Kier alpha value is -1.37. The average molecular weight is 268 g/mol. The van der Waals surface area contributed by atoms with Crippen molar-refractivity contribution in [3.05, 3.63) is 35.4 Å². The van der Waals surface area contributed by atoms with Crippen LogP contribution < -0.4 is 5.32 Å². The van der Waals surface area contributed by atoms with Gasteiger partial charge in [-0.3, -0.25) is 0 Å². The van der Waals surface area contributed by atoms with Crippen molar-refractivity contribution in [1.29, 1.82) is 5.26 Å². The highest BCUT2D eigenvalue weighted by molar-refractivity contribution is 5.32. The van der Waals surface area contributed by atoms with E-state index in [1.165, 1.54) is 19.3 Å². The molecule has 0 saturated heterocycles. The van der Waals surface area contributed by atoms with E-state index >= 15 is 0 Å². The lowest BCUT2D eigenvalue weighted by molar-refractivity contribution is 0.172. The summed E-state index contributed by atoms with van der Waals surface area (Å²) in [6.07, 6.45) is 3.86. The van der Waals surface area contributed by atoms with Gasteiger partial charge in [0.1, 0.15) is 0 Å². The quantitative estimate of drug-likeness (QED) is 0.880. The molecule has 1 aromatic carbocycles. The first-order valence-corrected chi connectivity index (χ1v) is 7.69. The van der Waals surface area contributed by atoms with Crippen LogP contribution in [-0.2, 0) is 0 Å². The lowest BCUT2D eigenvalue weighted by atomic mass is 10.0. The highest BCUT2D eigenvalue weighted by Gasteiger charge is 2.64. The van der Waals surface area contributed by atoms with Gasteiger partial charge in [-0.25, -0.2) is 0 Å². The fraction of sp³-hybridized carbons (Fsp3) is 0.588. The van der Waals surface area contributed by atoms with Gasteiger partial charge in [0.25, 0.3) is 0 Å². The Labute approximate surface area is 119 Å². The Morgan fingerprint density at radius 3 is 2.45 bits per heavy atom. The van der Waals surface area contributed by atoms with Crippen LogP contribution in [0.3, 0.4) is 0 Å². The molecule has 0 aliphatic heterocycles. The molecule has 4 rings (SSSR count). The number of nitriles is 1. The molecule has 20 heavy (non-hydrogen) atoms. The van der Waals surface area contributed by atoms with Gasteiger partial charge in [-0.1, -0.05) is 12.1 Å². The summed E-state index contributed by atoms with van der Waals surface area (Å²) in [5, 5.41) is 22.6. The lowest BCUT2D eigenvalue weighted by Gasteiger charge is -2.15. The maximum Gasteiger partial charge on any atom is 0.0991 e. The molecule has 2 bridgehead atoms. The summed E-state index contributed by atoms with van der Waals surface area (Å²) >= 11 is 0. The van der Waals surface area contributed by atoms with Crippen molar-refractivity contribution in [2.45, 2.75) is 31.4 Å². The molecule has 5 unspecified atom stereocenters. The smallest absolute Gasteiger partial charge is 0.0991 e. The van der Waals surface area contributed by atoms with Crippen LogP contribution in [0.5, 0.6) is 0 Å². The maximum atomic E-state index is 10.2. The topological polar surface area (TPSA) is 56.0 Å². The fourth-order valence-corrected chi connectivity index (χ4v) is 4.74. The molecule has 1 aromatic rings. The summed E-state index contributed by atoms with van der Waals surface area (Å²) in [6.45, 7) is 0.628. The largest absolute Gasteiger partial charge is 0.387 e. The van der Waals surface area contributed by atoms with E-state index in [-0.39, 0.29) is 0 Å². The molecule has 3 aliphatic carbocycles. The first kappa shape index (κ1) is 12.4. The van der Waals surface area contributed by atoms with Gasteiger partial charge < -0.3 is 10.4 Å². The molecule has 5 atom stereocenters. The SMILES string of the molecule is N#Cc1ccc(C(O)CNC2C3C4CCC(C4)C23)cc1. The van der Waals surface area contributed by atoms with Gasteiger partial charge in [0.15, 0.2) is 0 Å². The number of fused-ring (bicyclic) bond motifs is 5. The molecule has 104 valence electrons. The van der Waals surface area contributed by atoms with Crippen LogP contribution in [0.1, 0.15) is 36.5 Å². The van der Waals surface area contributed by atoms with Gasteiger partial charge in [0.2, 0.25) is 0 Å². The molecular formula is C17H20N2O. The van der Waals surface area contributed by atoms with Gasteiger partial charge in [0, 0.05) is 12.6 Å². The summed E-state index contributed by atoms with van der Waals surface area (Å²) in [6, 6.07) is 10.00. The van der Waals surface area contributed by atoms with E-state index in [0.29, 0.717) is 18.2 Å². The van der Waals surface area contributed by atoms with Crippen molar-refractivity contribution in [2.75, 3.05) is 6.54 Å². The van der Waals surface area contributed by atoms with Gasteiger partial charge in [-0.2, -0.15) is 5.26 Å². The Bertz CT molecular complexity index is 531. The van der Waals surface area contributed by atoms with Gasteiger partial charge in [-0.15, -0.1) is 0 Å². The molecule has 3 aliphatic rings. The third-order valence-corrected chi connectivity index (χ3v) is 5.71. The van der Waals surface area contributed by atoms with Crippen molar-refractivity contribution in [2.24, 2.45) is 23.7 Å². The summed E-state index contributed by atoms with van der Waals surface area (Å²) in [7, 11) is 0. The van der Waals surface area contributed by atoms with E-state index in [1.54, 1.807) is 12.1 Å². The van der Waals surface area contributed by atoms with Gasteiger partial charge >= 0.3 is 0 Å². The number of aliphatic hydroxyl groups excluding tert-OH is 1. The molecule has 3 heteroatoms. The van der Waals surface area contributed by atoms with Crippen molar-refractivity contribution in [3.8, 4) is 6.07 Å². The Morgan fingerprint density at radius 1 is 1.20 bits per heavy atom. The van der Waals surface area contributed by atoms with Crippen molar-refractivity contribution < 1.29 is 5.11 Å². The zero-order chi connectivity index (χ0) is 13.7. The molecule has 0 heterocycles. The molecule has 3 nitrogen and oxygen atoms in total. The van der Waals surface area contributed by atoms with E-state index in [9.17, 15) is 5.11 Å². The highest BCUT2D eigenvalue weighted by atomic mass is 16.3. The number of nitrogens with one attached hydrogen (secondary N) is 1. The Kier molecular flexibility index (Phi) is 2.83. The maximum absolute atomic E-state index is 10.2. The lowest BCUT2D eigenvalue weighted by Crippen LogP contribution is -2.27. The minimum absolute atomic E-state index is 0.471. The van der Waals surface area contributed by atoms with Crippen LogP contribution in [0.25, 0.3) is 0 Å². The number of rotatable bonds is 4. The number of hydrogen-bond donors (Lipinski definition) is 2. The molecule has 3 fully saturated rings. The van der Waals surface area contributed by atoms with Crippen LogP contribution in [0.15, 0.2) is 24.3 Å². The van der Waals surface area contributed by atoms with Crippen LogP contribution >= 0.6 is 0 Å². The van der Waals surface area contributed by atoms with E-state index < -0.39 is 6.10 Å². The molecule has 2 N–H and O–H groups in total. The van der Waals surface area contributed by atoms with Crippen molar-refractivity contribution in [1.82, 2.24) is 5.32 Å². The van der Waals surface area contributed by atoms with Crippen molar-refractivity contribution in [3.63, 3.8) is 0 Å². The van der Waals surface area contributed by atoms with Crippen LogP contribution in [0.4, 0.5) is 0 Å². The summed E-state index contributed by atoms with van der Waals surface area (Å²) < 4.78 is 0. The molecule has 0 spiro atoms. The number of nitrogens with zero attached hydrogens (tertiary/aromatic N) is 1. The minimum atomic E-state index is -0.471. The second-order valence-corrected chi connectivity index (χ2v) is 6.67. The van der Waals surface area contributed by atoms with Crippen LogP contribution in [0.2, 0.25) is 0 Å². The summed E-state index contributed by atoms with van der Waals surface area (Å²) in [4.78, 5) is 0. The van der Waals surface area contributed by atoms with Crippen molar-refractivity contribution >= 4 is 0 Å². The van der Waals surface area contributed by atoms with E-state index in [0.717, 1.165) is 29.2 Å². The molecule has 0 radical (unpaired) electrons. The molecular weight excluding hydrogens is 248 g/mol. The predicted octanol–water partition coefficient (Wildman–Crippen LogP) is 2.23. The van der Waals surface area contributed by atoms with Crippen LogP contribution in [-0.4, -0.2) is 17.7 Å². The number of hydrogen-bond acceptors (Lipinski definition) is 3. The molecule has 0 amide bonds. The first-order valence-electron chi connectivity index (χ1n) is 7.69. The van der Waals surface area contributed by atoms with E-state index in [4.69, 9.17) is 5.26 Å². The summed E-state index contributed by atoms with van der Waals surface area (Å²) in [5.41, 5.74) is 1.53. The Morgan fingerprint density at radius 2 is 1.85 bits per heavy atom. The van der Waals surface area contributed by atoms with Gasteiger partial charge in [-0.05, 0) is 60.6 Å². The second-order valence-electron chi connectivity index (χ2n) is 6.67. The molecule has 0 aromatic heterocycles. The number of benzene rings is 1. The average Bonchev–Trinajstić information content (AvgIpc) is 2.88. The van der Waals surface area contributed by atoms with E-state index in [2.05, 4.69) is 11.4 Å². The van der Waals surface area contributed by atoms with E-state index in [1.807, 2.05) is 12.1 Å². The minimum Gasteiger partial charge on any atom is -0.387 e. The monoisotopic (exact) mass is 268 g/mol. The zero-order valence-electron chi connectivity index (χ0n) is 11.5. The fourth-order valence-electron chi connectivity index (χ4n) is 4.74. The molecule has 3 saturated carbocycles. The predicted molar refractivity (Wildman–Crippen MR) is 75.7 cm³/mol. The second kappa shape index (κ2) is 4.58. The highest BCUT2D eigenvalue weighted by Crippen LogP contribution is 2.65. The van der Waals surface area contributed by atoms with Crippen LogP contribution in [0, 0.1) is 35.0 Å². The summed E-state index contributed by atoms with van der Waals surface area (Å²) in [5.74, 6) is 3.74. The number of aliphatic hydroxyl groups is 1. The first-order chi connectivity index (χ1) is 9.78. The third-order valence-electron chi connectivity index (χ3n) is 5.71. The zero-order valence-corrected chi connectivity index (χ0v) is 11.5. The Balaban J connectivity index is 1.33.